The van der Waals surface area contributed by atoms with Crippen LogP contribution < -0.4 is 5.32 Å². The average molecular weight is 344 g/mol. The van der Waals surface area contributed by atoms with Crippen LogP contribution in [0.25, 0.3) is 0 Å². The highest BCUT2D eigenvalue weighted by molar-refractivity contribution is 5.87. The first-order chi connectivity index (χ1) is 12.0. The van der Waals surface area contributed by atoms with Gasteiger partial charge in [0, 0.05) is 12.6 Å². The van der Waals surface area contributed by atoms with Crippen molar-refractivity contribution in [1.29, 1.82) is 0 Å². The van der Waals surface area contributed by atoms with Gasteiger partial charge in [-0.3, -0.25) is 4.79 Å². The van der Waals surface area contributed by atoms with Crippen molar-refractivity contribution in [3.05, 3.63) is 72.9 Å². The van der Waals surface area contributed by atoms with Gasteiger partial charge in [-0.1, -0.05) is 80.7 Å². The van der Waals surface area contributed by atoms with E-state index >= 15 is 0 Å². The molecule has 0 aliphatic rings. The van der Waals surface area contributed by atoms with E-state index in [0.29, 0.717) is 6.42 Å². The second kappa shape index (κ2) is 15.4. The van der Waals surface area contributed by atoms with Gasteiger partial charge in [0.05, 0.1) is 5.60 Å². The standard InChI is InChI=1S/C22H33NO2/c1-4-6-7-8-9-10-11-12-13-14-15-16-17-18-19-21(24)23-20-22(3,25)5-2/h6-11,14-19,25H,4-5,12-13,20H2,1-3H3,(H,23,24). The Labute approximate surface area is 153 Å². The topological polar surface area (TPSA) is 49.3 Å². The maximum Gasteiger partial charge on any atom is 0.244 e. The summed E-state index contributed by atoms with van der Waals surface area (Å²) in [5.74, 6) is -0.200. The minimum absolute atomic E-state index is 0.200. The smallest absolute Gasteiger partial charge is 0.244 e. The molecule has 0 fully saturated rings. The van der Waals surface area contributed by atoms with Crippen molar-refractivity contribution < 1.29 is 9.90 Å². The normalized spacial score (nSPS) is 15.5. The van der Waals surface area contributed by atoms with Crippen LogP contribution in [0.1, 0.15) is 46.5 Å². The van der Waals surface area contributed by atoms with E-state index in [4.69, 9.17) is 0 Å². The third kappa shape index (κ3) is 16.5. The summed E-state index contributed by atoms with van der Waals surface area (Å²) in [6.07, 6.45) is 27.0. The van der Waals surface area contributed by atoms with E-state index in [9.17, 15) is 9.90 Å². The molecule has 0 aliphatic carbocycles. The van der Waals surface area contributed by atoms with Crippen LogP contribution in [0.4, 0.5) is 0 Å². The number of aliphatic hydroxyl groups is 1. The van der Waals surface area contributed by atoms with Gasteiger partial charge in [-0.2, -0.15) is 0 Å². The van der Waals surface area contributed by atoms with Gasteiger partial charge in [0.2, 0.25) is 5.91 Å². The van der Waals surface area contributed by atoms with Gasteiger partial charge >= 0.3 is 0 Å². The van der Waals surface area contributed by atoms with Crippen molar-refractivity contribution in [3.8, 4) is 0 Å². The van der Waals surface area contributed by atoms with Crippen LogP contribution in [0.15, 0.2) is 72.9 Å². The van der Waals surface area contributed by atoms with E-state index in [0.717, 1.165) is 19.3 Å². The van der Waals surface area contributed by atoms with E-state index < -0.39 is 5.60 Å². The first kappa shape index (κ1) is 22.9. The molecule has 0 aliphatic heterocycles. The molecule has 0 spiro atoms. The van der Waals surface area contributed by atoms with Crippen molar-refractivity contribution in [3.63, 3.8) is 0 Å². The van der Waals surface area contributed by atoms with E-state index in [1.807, 2.05) is 37.3 Å². The second-order valence-electron chi connectivity index (χ2n) is 5.97. The molecule has 1 unspecified atom stereocenters. The minimum atomic E-state index is -0.849. The maximum atomic E-state index is 11.5. The lowest BCUT2D eigenvalue weighted by atomic mass is 10.0. The Morgan fingerprint density at radius 1 is 0.880 bits per heavy atom. The number of allylic oxidation sites excluding steroid dienone is 11. The van der Waals surface area contributed by atoms with Gasteiger partial charge in [0.25, 0.3) is 0 Å². The molecule has 0 aromatic rings. The number of rotatable bonds is 12. The molecular formula is C22H33NO2. The summed E-state index contributed by atoms with van der Waals surface area (Å²) in [6.45, 7) is 5.96. The number of carbonyl (C=O) groups is 1. The Balaban J connectivity index is 3.84. The van der Waals surface area contributed by atoms with Crippen molar-refractivity contribution in [2.75, 3.05) is 6.54 Å². The summed E-state index contributed by atoms with van der Waals surface area (Å²) in [5.41, 5.74) is -0.849. The molecule has 1 atom stereocenters. The summed E-state index contributed by atoms with van der Waals surface area (Å²) < 4.78 is 0. The molecule has 0 aromatic carbocycles. The number of unbranched alkanes of at least 4 members (excludes halogenated alkanes) is 1. The number of nitrogens with one attached hydrogen (secondary N) is 1. The van der Waals surface area contributed by atoms with Crippen molar-refractivity contribution in [1.82, 2.24) is 5.32 Å². The fourth-order valence-electron chi connectivity index (χ4n) is 1.62. The van der Waals surface area contributed by atoms with Crippen molar-refractivity contribution in [2.24, 2.45) is 0 Å². The molecule has 0 bridgehead atoms. The molecule has 0 heterocycles. The summed E-state index contributed by atoms with van der Waals surface area (Å²) in [6, 6.07) is 0. The lowest BCUT2D eigenvalue weighted by Crippen LogP contribution is -2.39. The van der Waals surface area contributed by atoms with Gasteiger partial charge < -0.3 is 10.4 Å². The third-order valence-electron chi connectivity index (χ3n) is 3.46. The fraction of sp³-hybridized carbons (Fsp3) is 0.409. The molecule has 0 aromatic heterocycles. The number of amides is 1. The highest BCUT2D eigenvalue weighted by atomic mass is 16.3. The molecule has 3 heteroatoms. The fourth-order valence-corrected chi connectivity index (χ4v) is 1.62. The number of carbonyl (C=O) groups excluding carboxylic acids is 1. The van der Waals surface area contributed by atoms with Gasteiger partial charge in [0.15, 0.2) is 0 Å². The van der Waals surface area contributed by atoms with E-state index in [2.05, 4.69) is 42.6 Å². The van der Waals surface area contributed by atoms with Gasteiger partial charge in [-0.25, -0.2) is 0 Å². The van der Waals surface area contributed by atoms with Crippen molar-refractivity contribution in [2.45, 2.75) is 52.1 Å². The molecule has 138 valence electrons. The van der Waals surface area contributed by atoms with Crippen LogP contribution in [-0.4, -0.2) is 23.2 Å². The zero-order valence-electron chi connectivity index (χ0n) is 15.8. The monoisotopic (exact) mass is 343 g/mol. The van der Waals surface area contributed by atoms with Crippen LogP contribution in [0.5, 0.6) is 0 Å². The quantitative estimate of drug-likeness (QED) is 0.304. The highest BCUT2D eigenvalue weighted by Gasteiger charge is 2.17. The van der Waals surface area contributed by atoms with Gasteiger partial charge in [-0.15, -0.1) is 0 Å². The zero-order chi connectivity index (χ0) is 18.8. The maximum absolute atomic E-state index is 11.5. The van der Waals surface area contributed by atoms with Crippen molar-refractivity contribution >= 4 is 5.91 Å². The van der Waals surface area contributed by atoms with E-state index in [1.54, 1.807) is 13.0 Å². The van der Waals surface area contributed by atoms with E-state index in [-0.39, 0.29) is 12.5 Å². The minimum Gasteiger partial charge on any atom is -0.388 e. The van der Waals surface area contributed by atoms with E-state index in [1.165, 1.54) is 6.08 Å². The van der Waals surface area contributed by atoms with Gasteiger partial charge in [-0.05, 0) is 32.6 Å². The molecule has 1 amide bonds. The summed E-state index contributed by atoms with van der Waals surface area (Å²) in [7, 11) is 0. The summed E-state index contributed by atoms with van der Waals surface area (Å²) in [4.78, 5) is 11.5. The zero-order valence-corrected chi connectivity index (χ0v) is 15.8. The summed E-state index contributed by atoms with van der Waals surface area (Å²) >= 11 is 0. The largest absolute Gasteiger partial charge is 0.388 e. The van der Waals surface area contributed by atoms with Crippen LogP contribution in [0.3, 0.4) is 0 Å². The molecule has 0 rings (SSSR count). The Morgan fingerprint density at radius 2 is 1.40 bits per heavy atom. The lowest BCUT2D eigenvalue weighted by Gasteiger charge is -2.20. The SMILES string of the molecule is CCC=CC=CC=CCCC=CC=CC=CC(=O)NCC(C)(O)CC. The predicted molar refractivity (Wildman–Crippen MR) is 108 cm³/mol. The number of hydrogen-bond donors (Lipinski definition) is 2. The van der Waals surface area contributed by atoms with Crippen LogP contribution in [0, 0.1) is 0 Å². The molecule has 0 radical (unpaired) electrons. The van der Waals surface area contributed by atoms with Gasteiger partial charge in [0.1, 0.15) is 0 Å². The molecule has 2 N–H and O–H groups in total. The molecule has 0 saturated carbocycles. The predicted octanol–water partition coefficient (Wildman–Crippen LogP) is 4.79. The first-order valence-electron chi connectivity index (χ1n) is 9.00. The Morgan fingerprint density at radius 3 is 1.92 bits per heavy atom. The highest BCUT2D eigenvalue weighted by Crippen LogP contribution is 2.05. The summed E-state index contributed by atoms with van der Waals surface area (Å²) in [5, 5.41) is 12.5. The number of hydrogen-bond acceptors (Lipinski definition) is 2. The molecule has 3 nitrogen and oxygen atoms in total. The molecule has 25 heavy (non-hydrogen) atoms. The third-order valence-corrected chi connectivity index (χ3v) is 3.46. The van der Waals surface area contributed by atoms with Crippen LogP contribution in [-0.2, 0) is 4.79 Å². The lowest BCUT2D eigenvalue weighted by molar-refractivity contribution is -0.117. The van der Waals surface area contributed by atoms with Crippen LogP contribution >= 0.6 is 0 Å². The Bertz CT molecular complexity index is 520. The molecular weight excluding hydrogens is 310 g/mol. The first-order valence-corrected chi connectivity index (χ1v) is 9.00. The average Bonchev–Trinajstić information content (AvgIpc) is 2.60. The Kier molecular flexibility index (Phi) is 14.1. The Hall–Kier alpha value is -2.13. The van der Waals surface area contributed by atoms with Crippen LogP contribution in [0.2, 0.25) is 0 Å². The molecule has 0 saturated heterocycles. The second-order valence-corrected chi connectivity index (χ2v) is 5.97.